The SMILES string of the molecule is O=S(=O)(c1ccc(N2COc3ccccc3C2)cc1)c1ccc(N2COc3ccccc3C2)cc1. The molecule has 0 fully saturated rings. The lowest BCUT2D eigenvalue weighted by Gasteiger charge is -2.31. The molecule has 0 aliphatic carbocycles. The number of hydrogen-bond acceptors (Lipinski definition) is 6. The third-order valence-electron chi connectivity index (χ3n) is 6.44. The lowest BCUT2D eigenvalue weighted by Crippen LogP contribution is -2.31. The maximum atomic E-state index is 13.3. The van der Waals surface area contributed by atoms with Gasteiger partial charge < -0.3 is 19.3 Å². The third-order valence-corrected chi connectivity index (χ3v) is 8.23. The van der Waals surface area contributed by atoms with Crippen LogP contribution in [0, 0.1) is 0 Å². The molecule has 0 saturated carbocycles. The van der Waals surface area contributed by atoms with Gasteiger partial charge in [-0.2, -0.15) is 0 Å². The Labute approximate surface area is 204 Å². The summed E-state index contributed by atoms with van der Waals surface area (Å²) >= 11 is 0. The summed E-state index contributed by atoms with van der Waals surface area (Å²) in [7, 11) is -3.63. The minimum atomic E-state index is -3.63. The van der Waals surface area contributed by atoms with Gasteiger partial charge in [0.1, 0.15) is 11.5 Å². The number of benzene rings is 4. The van der Waals surface area contributed by atoms with E-state index in [1.165, 1.54) is 0 Å². The van der Waals surface area contributed by atoms with Crippen LogP contribution in [-0.2, 0) is 22.9 Å². The van der Waals surface area contributed by atoms with E-state index in [1.807, 2.05) is 72.8 Å². The highest BCUT2D eigenvalue weighted by molar-refractivity contribution is 7.91. The van der Waals surface area contributed by atoms with Crippen molar-refractivity contribution in [1.29, 1.82) is 0 Å². The fourth-order valence-electron chi connectivity index (χ4n) is 4.49. The maximum absolute atomic E-state index is 13.3. The molecule has 0 aromatic heterocycles. The molecule has 4 aromatic carbocycles. The second kappa shape index (κ2) is 8.67. The van der Waals surface area contributed by atoms with Gasteiger partial charge in [-0.1, -0.05) is 36.4 Å². The van der Waals surface area contributed by atoms with Crippen LogP contribution in [0.1, 0.15) is 11.1 Å². The summed E-state index contributed by atoms with van der Waals surface area (Å²) in [6.07, 6.45) is 0. The molecule has 176 valence electrons. The Morgan fingerprint density at radius 3 is 1.37 bits per heavy atom. The van der Waals surface area contributed by atoms with Crippen LogP contribution in [0.25, 0.3) is 0 Å². The monoisotopic (exact) mass is 484 g/mol. The first kappa shape index (κ1) is 21.6. The minimum Gasteiger partial charge on any atom is -0.473 e. The van der Waals surface area contributed by atoms with Crippen LogP contribution in [0.4, 0.5) is 11.4 Å². The maximum Gasteiger partial charge on any atom is 0.206 e. The first-order valence-corrected chi connectivity index (χ1v) is 12.9. The van der Waals surface area contributed by atoms with Crippen LogP contribution < -0.4 is 19.3 Å². The fourth-order valence-corrected chi connectivity index (χ4v) is 5.75. The second-order valence-corrected chi connectivity index (χ2v) is 10.6. The molecule has 35 heavy (non-hydrogen) atoms. The Kier molecular flexibility index (Phi) is 5.34. The highest BCUT2D eigenvalue weighted by Crippen LogP contribution is 2.31. The molecule has 2 aliphatic heterocycles. The number of hydrogen-bond donors (Lipinski definition) is 0. The second-order valence-electron chi connectivity index (χ2n) is 8.65. The van der Waals surface area contributed by atoms with Crippen LogP contribution in [-0.4, -0.2) is 21.9 Å². The molecule has 4 aromatic rings. The normalized spacial score (nSPS) is 15.0. The molecule has 6 nitrogen and oxygen atoms in total. The quantitative estimate of drug-likeness (QED) is 0.395. The average Bonchev–Trinajstić information content (AvgIpc) is 2.92. The van der Waals surface area contributed by atoms with E-state index in [2.05, 4.69) is 9.80 Å². The molecule has 2 heterocycles. The molecule has 0 bridgehead atoms. The van der Waals surface area contributed by atoms with Gasteiger partial charge in [-0.25, -0.2) is 8.42 Å². The van der Waals surface area contributed by atoms with Crippen molar-refractivity contribution in [3.05, 3.63) is 108 Å². The molecular formula is C28H24N2O4S. The van der Waals surface area contributed by atoms with Crippen molar-refractivity contribution in [3.8, 4) is 11.5 Å². The van der Waals surface area contributed by atoms with Crippen LogP contribution in [0.15, 0.2) is 107 Å². The minimum absolute atomic E-state index is 0.266. The summed E-state index contributed by atoms with van der Waals surface area (Å²) in [6.45, 7) is 2.29. The van der Waals surface area contributed by atoms with E-state index in [1.54, 1.807) is 24.3 Å². The predicted octanol–water partition coefficient (Wildman–Crippen LogP) is 5.23. The van der Waals surface area contributed by atoms with E-state index in [0.717, 1.165) is 34.0 Å². The number of rotatable bonds is 4. The molecular weight excluding hydrogens is 460 g/mol. The number of para-hydroxylation sites is 2. The number of anilines is 2. The van der Waals surface area contributed by atoms with E-state index in [-0.39, 0.29) is 9.79 Å². The van der Waals surface area contributed by atoms with Crippen molar-refractivity contribution in [2.45, 2.75) is 22.9 Å². The van der Waals surface area contributed by atoms with Gasteiger partial charge in [0.05, 0.1) is 9.79 Å². The molecule has 0 spiro atoms. The van der Waals surface area contributed by atoms with Crippen molar-refractivity contribution < 1.29 is 17.9 Å². The van der Waals surface area contributed by atoms with Gasteiger partial charge in [-0.3, -0.25) is 0 Å². The Hall–Kier alpha value is -3.97. The molecule has 0 N–H and O–H groups in total. The lowest BCUT2D eigenvalue weighted by molar-refractivity contribution is 0.289. The van der Waals surface area contributed by atoms with Gasteiger partial charge >= 0.3 is 0 Å². The van der Waals surface area contributed by atoms with Crippen LogP contribution in [0.5, 0.6) is 11.5 Å². The summed E-state index contributed by atoms with van der Waals surface area (Å²) in [4.78, 5) is 4.68. The van der Waals surface area contributed by atoms with E-state index in [0.29, 0.717) is 26.6 Å². The number of fused-ring (bicyclic) bond motifs is 2. The van der Waals surface area contributed by atoms with Gasteiger partial charge in [0.2, 0.25) is 9.84 Å². The van der Waals surface area contributed by atoms with Gasteiger partial charge in [-0.15, -0.1) is 0 Å². The predicted molar refractivity (Wildman–Crippen MR) is 135 cm³/mol. The molecule has 7 heteroatoms. The molecule has 0 radical (unpaired) electrons. The van der Waals surface area contributed by atoms with Gasteiger partial charge in [0.15, 0.2) is 13.5 Å². The number of sulfone groups is 1. The van der Waals surface area contributed by atoms with Gasteiger partial charge in [0, 0.05) is 35.6 Å². The van der Waals surface area contributed by atoms with E-state index in [4.69, 9.17) is 9.47 Å². The smallest absolute Gasteiger partial charge is 0.206 e. The topological polar surface area (TPSA) is 59.1 Å². The zero-order valence-electron chi connectivity index (χ0n) is 19.0. The number of ether oxygens (including phenoxy) is 2. The van der Waals surface area contributed by atoms with Crippen molar-refractivity contribution in [2.24, 2.45) is 0 Å². The Balaban J connectivity index is 1.18. The van der Waals surface area contributed by atoms with Crippen molar-refractivity contribution in [3.63, 3.8) is 0 Å². The Morgan fingerprint density at radius 2 is 0.943 bits per heavy atom. The summed E-state index contributed by atoms with van der Waals surface area (Å²) in [5, 5.41) is 0. The molecule has 0 atom stereocenters. The van der Waals surface area contributed by atoms with Crippen LogP contribution in [0.2, 0.25) is 0 Å². The van der Waals surface area contributed by atoms with E-state index in [9.17, 15) is 8.42 Å². The van der Waals surface area contributed by atoms with E-state index < -0.39 is 9.84 Å². The summed E-state index contributed by atoms with van der Waals surface area (Å²) in [5.41, 5.74) is 4.05. The summed E-state index contributed by atoms with van der Waals surface area (Å²) in [6, 6.07) is 29.9. The first-order valence-electron chi connectivity index (χ1n) is 11.4. The largest absolute Gasteiger partial charge is 0.473 e. The van der Waals surface area contributed by atoms with Crippen LogP contribution in [0.3, 0.4) is 0 Å². The molecule has 2 aliphatic rings. The first-order chi connectivity index (χ1) is 17.1. The number of nitrogens with zero attached hydrogens (tertiary/aromatic N) is 2. The summed E-state index contributed by atoms with van der Waals surface area (Å²) in [5.74, 6) is 1.79. The molecule has 0 amide bonds. The third kappa shape index (κ3) is 4.08. The van der Waals surface area contributed by atoms with Gasteiger partial charge in [-0.05, 0) is 60.7 Å². The van der Waals surface area contributed by atoms with E-state index >= 15 is 0 Å². The Bertz CT molecular complexity index is 1360. The highest BCUT2D eigenvalue weighted by atomic mass is 32.2. The Morgan fingerprint density at radius 1 is 0.543 bits per heavy atom. The zero-order valence-corrected chi connectivity index (χ0v) is 19.8. The fraction of sp³-hybridized carbons (Fsp3) is 0.143. The summed E-state index contributed by atoms with van der Waals surface area (Å²) < 4.78 is 38.2. The highest BCUT2D eigenvalue weighted by Gasteiger charge is 2.22. The van der Waals surface area contributed by atoms with Crippen molar-refractivity contribution in [1.82, 2.24) is 0 Å². The van der Waals surface area contributed by atoms with Crippen molar-refractivity contribution in [2.75, 3.05) is 23.3 Å². The lowest BCUT2D eigenvalue weighted by atomic mass is 10.1. The average molecular weight is 485 g/mol. The standard InChI is InChI=1S/C28H24N2O4S/c31-35(32,25-13-9-23(10-14-25)29-17-21-5-1-3-7-27(21)33-19-29)26-15-11-24(12-16-26)30-18-22-6-2-4-8-28(22)34-20-30/h1-16H,17-20H2. The zero-order chi connectivity index (χ0) is 23.8. The molecule has 0 saturated heterocycles. The van der Waals surface area contributed by atoms with Crippen LogP contribution >= 0.6 is 0 Å². The molecule has 0 unspecified atom stereocenters. The molecule has 6 rings (SSSR count). The van der Waals surface area contributed by atoms with Crippen molar-refractivity contribution >= 4 is 21.2 Å². The van der Waals surface area contributed by atoms with Gasteiger partial charge in [0.25, 0.3) is 0 Å².